The van der Waals surface area contributed by atoms with Gasteiger partial charge in [0.2, 0.25) is 5.91 Å². The first-order valence-corrected chi connectivity index (χ1v) is 7.69. The van der Waals surface area contributed by atoms with E-state index in [2.05, 4.69) is 5.32 Å². The van der Waals surface area contributed by atoms with Crippen molar-refractivity contribution in [3.63, 3.8) is 0 Å². The molecule has 5 nitrogen and oxygen atoms in total. The van der Waals surface area contributed by atoms with Crippen LogP contribution in [-0.4, -0.2) is 25.6 Å². The van der Waals surface area contributed by atoms with Crippen molar-refractivity contribution in [2.45, 2.75) is 13.3 Å². The maximum atomic E-state index is 12.1. The number of rotatable bonds is 6. The predicted octanol–water partition coefficient (Wildman–Crippen LogP) is 3.11. The van der Waals surface area contributed by atoms with Crippen LogP contribution in [0.25, 0.3) is 0 Å². The molecule has 0 spiro atoms. The summed E-state index contributed by atoms with van der Waals surface area (Å²) in [6.07, 6.45) is 0.226. The fourth-order valence-electron chi connectivity index (χ4n) is 1.88. The molecule has 22 heavy (non-hydrogen) atoms. The van der Waals surface area contributed by atoms with E-state index in [4.69, 9.17) is 9.47 Å². The molecule has 1 amide bonds. The second-order valence-corrected chi connectivity index (χ2v) is 5.37. The molecule has 2 aromatic rings. The van der Waals surface area contributed by atoms with E-state index in [-0.39, 0.29) is 12.3 Å². The molecule has 0 aliphatic rings. The van der Waals surface area contributed by atoms with Crippen molar-refractivity contribution in [2.24, 2.45) is 0 Å². The van der Waals surface area contributed by atoms with Gasteiger partial charge in [0.1, 0.15) is 10.8 Å². The summed E-state index contributed by atoms with van der Waals surface area (Å²) in [5, 5.41) is 5.01. The number of methoxy groups -OCH3 is 1. The Labute approximate surface area is 132 Å². The number of carbonyl (C=O) groups excluding carboxylic acids is 2. The van der Waals surface area contributed by atoms with Crippen LogP contribution in [0.2, 0.25) is 0 Å². The normalized spacial score (nSPS) is 10.1. The van der Waals surface area contributed by atoms with Crippen molar-refractivity contribution in [3.8, 4) is 5.75 Å². The Kier molecular flexibility index (Phi) is 5.55. The number of nitrogens with one attached hydrogen (secondary N) is 1. The average Bonchev–Trinajstić information content (AvgIpc) is 2.96. The zero-order chi connectivity index (χ0) is 15.9. The molecule has 1 aromatic heterocycles. The Morgan fingerprint density at radius 3 is 2.55 bits per heavy atom. The summed E-state index contributed by atoms with van der Waals surface area (Å²) < 4.78 is 10.0. The number of anilines is 1. The standard InChI is InChI=1S/C16H17NO4S/c1-3-21-16(19)13-8-9-22-15(13)17-14(18)10-11-4-6-12(20-2)7-5-11/h4-9H,3,10H2,1-2H3,(H,17,18). The van der Waals surface area contributed by atoms with E-state index < -0.39 is 5.97 Å². The van der Waals surface area contributed by atoms with E-state index in [1.165, 1.54) is 11.3 Å². The van der Waals surface area contributed by atoms with Crippen LogP contribution < -0.4 is 10.1 Å². The Bertz CT molecular complexity index is 648. The molecule has 0 saturated heterocycles. The van der Waals surface area contributed by atoms with Gasteiger partial charge in [-0.15, -0.1) is 11.3 Å². The van der Waals surface area contributed by atoms with Crippen LogP contribution in [-0.2, 0) is 16.0 Å². The van der Waals surface area contributed by atoms with E-state index in [0.717, 1.165) is 11.3 Å². The van der Waals surface area contributed by atoms with E-state index in [1.54, 1.807) is 37.6 Å². The lowest BCUT2D eigenvalue weighted by atomic mass is 10.1. The van der Waals surface area contributed by atoms with Crippen LogP contribution >= 0.6 is 11.3 Å². The van der Waals surface area contributed by atoms with Gasteiger partial charge in [-0.3, -0.25) is 4.79 Å². The van der Waals surface area contributed by atoms with Gasteiger partial charge in [-0.1, -0.05) is 12.1 Å². The monoisotopic (exact) mass is 319 g/mol. The molecule has 2 rings (SSSR count). The largest absolute Gasteiger partial charge is 0.497 e. The number of benzene rings is 1. The fraction of sp³-hybridized carbons (Fsp3) is 0.250. The third-order valence-corrected chi connectivity index (χ3v) is 3.77. The highest BCUT2D eigenvalue weighted by Gasteiger charge is 2.16. The number of amides is 1. The van der Waals surface area contributed by atoms with Gasteiger partial charge in [0.05, 0.1) is 25.7 Å². The van der Waals surface area contributed by atoms with Crippen LogP contribution in [0.4, 0.5) is 5.00 Å². The Morgan fingerprint density at radius 2 is 1.91 bits per heavy atom. The van der Waals surface area contributed by atoms with Crippen LogP contribution in [0.1, 0.15) is 22.8 Å². The van der Waals surface area contributed by atoms with Gasteiger partial charge in [-0.2, -0.15) is 0 Å². The van der Waals surface area contributed by atoms with Gasteiger partial charge >= 0.3 is 5.97 Å². The summed E-state index contributed by atoms with van der Waals surface area (Å²) in [4.78, 5) is 23.8. The predicted molar refractivity (Wildman–Crippen MR) is 85.6 cm³/mol. The Balaban J connectivity index is 2.00. The number of hydrogen-bond acceptors (Lipinski definition) is 5. The third-order valence-electron chi connectivity index (χ3n) is 2.94. The third kappa shape index (κ3) is 4.08. The Hall–Kier alpha value is -2.34. The smallest absolute Gasteiger partial charge is 0.341 e. The van der Waals surface area contributed by atoms with Crippen molar-refractivity contribution in [1.29, 1.82) is 0 Å². The molecule has 0 saturated carbocycles. The van der Waals surface area contributed by atoms with Gasteiger partial charge in [-0.05, 0) is 36.1 Å². The molecule has 0 fully saturated rings. The maximum Gasteiger partial charge on any atom is 0.341 e. The summed E-state index contributed by atoms with van der Waals surface area (Å²) >= 11 is 1.30. The van der Waals surface area contributed by atoms with Crippen LogP contribution in [0.5, 0.6) is 5.75 Å². The summed E-state index contributed by atoms with van der Waals surface area (Å²) in [5.41, 5.74) is 1.25. The molecule has 1 N–H and O–H groups in total. The second-order valence-electron chi connectivity index (χ2n) is 4.46. The van der Waals surface area contributed by atoms with Gasteiger partial charge in [-0.25, -0.2) is 4.79 Å². The maximum absolute atomic E-state index is 12.1. The molecule has 0 atom stereocenters. The van der Waals surface area contributed by atoms with Crippen molar-refractivity contribution in [3.05, 3.63) is 46.8 Å². The van der Waals surface area contributed by atoms with Crippen molar-refractivity contribution >= 4 is 28.2 Å². The fourth-order valence-corrected chi connectivity index (χ4v) is 2.67. The number of carbonyl (C=O) groups is 2. The van der Waals surface area contributed by atoms with E-state index in [9.17, 15) is 9.59 Å². The van der Waals surface area contributed by atoms with Crippen LogP contribution in [0, 0.1) is 0 Å². The summed E-state index contributed by atoms with van der Waals surface area (Å²) in [5.74, 6) is 0.133. The van der Waals surface area contributed by atoms with Gasteiger partial charge < -0.3 is 14.8 Å². The van der Waals surface area contributed by atoms with Crippen LogP contribution in [0.15, 0.2) is 35.7 Å². The minimum atomic E-state index is -0.427. The average molecular weight is 319 g/mol. The van der Waals surface area contributed by atoms with E-state index in [0.29, 0.717) is 17.2 Å². The number of esters is 1. The van der Waals surface area contributed by atoms with Gasteiger partial charge in [0, 0.05) is 0 Å². The SMILES string of the molecule is CCOC(=O)c1ccsc1NC(=O)Cc1ccc(OC)cc1. The first-order chi connectivity index (χ1) is 10.6. The first kappa shape index (κ1) is 16.0. The van der Waals surface area contributed by atoms with E-state index >= 15 is 0 Å². The molecule has 116 valence electrons. The second kappa shape index (κ2) is 7.61. The van der Waals surface area contributed by atoms with Gasteiger partial charge in [0.15, 0.2) is 0 Å². The molecule has 0 unspecified atom stereocenters. The Morgan fingerprint density at radius 1 is 1.18 bits per heavy atom. The van der Waals surface area contributed by atoms with Gasteiger partial charge in [0.25, 0.3) is 0 Å². The first-order valence-electron chi connectivity index (χ1n) is 6.81. The molecule has 0 bridgehead atoms. The minimum Gasteiger partial charge on any atom is -0.497 e. The minimum absolute atomic E-state index is 0.182. The molecular formula is C16H17NO4S. The number of hydrogen-bond donors (Lipinski definition) is 1. The molecule has 1 heterocycles. The van der Waals surface area contributed by atoms with E-state index in [1.807, 2.05) is 12.1 Å². The molecule has 0 radical (unpaired) electrons. The molecule has 6 heteroatoms. The van der Waals surface area contributed by atoms with Crippen molar-refractivity contribution < 1.29 is 19.1 Å². The summed E-state index contributed by atoms with van der Waals surface area (Å²) in [7, 11) is 1.59. The topological polar surface area (TPSA) is 64.6 Å². The van der Waals surface area contributed by atoms with Crippen molar-refractivity contribution in [2.75, 3.05) is 19.0 Å². The molecule has 1 aromatic carbocycles. The highest BCUT2D eigenvalue weighted by molar-refractivity contribution is 7.14. The summed E-state index contributed by atoms with van der Waals surface area (Å²) in [6, 6.07) is 8.92. The quantitative estimate of drug-likeness (QED) is 0.831. The number of ether oxygens (including phenoxy) is 2. The molecule has 0 aliphatic heterocycles. The lowest BCUT2D eigenvalue weighted by Crippen LogP contribution is -2.16. The lowest BCUT2D eigenvalue weighted by molar-refractivity contribution is -0.115. The highest BCUT2D eigenvalue weighted by Crippen LogP contribution is 2.24. The number of thiophene rings is 1. The zero-order valence-electron chi connectivity index (χ0n) is 12.4. The van der Waals surface area contributed by atoms with Crippen molar-refractivity contribution in [1.82, 2.24) is 0 Å². The molecular weight excluding hydrogens is 302 g/mol. The summed E-state index contributed by atoms with van der Waals surface area (Å²) in [6.45, 7) is 2.04. The highest BCUT2D eigenvalue weighted by atomic mass is 32.1. The van der Waals surface area contributed by atoms with Crippen LogP contribution in [0.3, 0.4) is 0 Å². The molecule has 0 aliphatic carbocycles. The zero-order valence-corrected chi connectivity index (χ0v) is 13.2. The lowest BCUT2D eigenvalue weighted by Gasteiger charge is -2.07.